The van der Waals surface area contributed by atoms with Gasteiger partial charge in [-0.3, -0.25) is 4.79 Å². The third-order valence-electron chi connectivity index (χ3n) is 6.70. The van der Waals surface area contributed by atoms with Crippen molar-refractivity contribution in [2.45, 2.75) is 71.9 Å². The number of unbranched alkanes of at least 4 members (excludes halogenated alkanes) is 1. The van der Waals surface area contributed by atoms with E-state index in [0.29, 0.717) is 13.2 Å². The van der Waals surface area contributed by atoms with Gasteiger partial charge in [0.1, 0.15) is 23.1 Å². The predicted octanol–water partition coefficient (Wildman–Crippen LogP) is 6.93. The molecule has 0 radical (unpaired) electrons. The minimum absolute atomic E-state index is 0.00120. The highest BCUT2D eigenvalue weighted by Gasteiger charge is 2.20. The fourth-order valence-corrected chi connectivity index (χ4v) is 5.27. The Labute approximate surface area is 218 Å². The molecule has 0 spiro atoms. The lowest BCUT2D eigenvalue weighted by molar-refractivity contribution is 0.0953. The van der Waals surface area contributed by atoms with Gasteiger partial charge in [0.2, 0.25) is 0 Å². The van der Waals surface area contributed by atoms with Gasteiger partial charge in [-0.15, -0.1) is 11.3 Å². The van der Waals surface area contributed by atoms with E-state index in [0.717, 1.165) is 65.0 Å². The molecule has 1 N–H and O–H groups in total. The van der Waals surface area contributed by atoms with Crippen LogP contribution in [0, 0.1) is 6.92 Å². The number of nitrogens with one attached hydrogen (secondary N) is 1. The summed E-state index contributed by atoms with van der Waals surface area (Å²) < 4.78 is 13.4. The van der Waals surface area contributed by atoms with Crippen molar-refractivity contribution < 1.29 is 14.3 Å². The van der Waals surface area contributed by atoms with Crippen molar-refractivity contribution in [1.29, 1.82) is 0 Å². The normalized spacial score (nSPS) is 13.4. The van der Waals surface area contributed by atoms with Crippen LogP contribution in [0.3, 0.4) is 0 Å². The lowest BCUT2D eigenvalue weighted by atomic mass is 9.97. The van der Waals surface area contributed by atoms with Crippen LogP contribution in [-0.4, -0.2) is 29.1 Å². The molecule has 3 aromatic rings. The van der Waals surface area contributed by atoms with Crippen molar-refractivity contribution in [3.05, 3.63) is 63.6 Å². The lowest BCUT2D eigenvalue weighted by Gasteiger charge is -2.13. The van der Waals surface area contributed by atoms with Crippen LogP contribution >= 0.6 is 11.3 Å². The lowest BCUT2D eigenvalue weighted by Crippen LogP contribution is -2.25. The molecular weight excluding hydrogens is 470 g/mol. The highest BCUT2D eigenvalue weighted by atomic mass is 32.1. The summed E-state index contributed by atoms with van der Waals surface area (Å²) in [4.78, 5) is 17.9. The van der Waals surface area contributed by atoms with Crippen LogP contribution in [0.1, 0.15) is 72.9 Å². The van der Waals surface area contributed by atoms with Crippen LogP contribution in [-0.2, 0) is 13.2 Å². The Kier molecular flexibility index (Phi) is 9.23. The number of nitrogens with zero attached hydrogens (tertiary/aromatic N) is 2. The van der Waals surface area contributed by atoms with E-state index in [9.17, 15) is 4.79 Å². The van der Waals surface area contributed by atoms with Crippen LogP contribution in [0.4, 0.5) is 0 Å². The summed E-state index contributed by atoms with van der Waals surface area (Å²) in [5.74, 6) is 1.57. The number of rotatable bonds is 12. The van der Waals surface area contributed by atoms with Crippen molar-refractivity contribution in [1.82, 2.24) is 14.9 Å². The Hall–Kier alpha value is -3.06. The van der Waals surface area contributed by atoms with Gasteiger partial charge in [-0.25, -0.2) is 4.98 Å². The van der Waals surface area contributed by atoms with Crippen molar-refractivity contribution in [2.75, 3.05) is 13.7 Å². The Bertz CT molecular complexity index is 1180. The number of carbonyl (C=O) groups is 1. The highest BCUT2D eigenvalue weighted by molar-refractivity contribution is 7.09. The maximum Gasteiger partial charge on any atom is 0.253 e. The fourth-order valence-electron chi connectivity index (χ4n) is 4.57. The van der Waals surface area contributed by atoms with E-state index < -0.39 is 0 Å². The Morgan fingerprint density at radius 1 is 1.19 bits per heavy atom. The van der Waals surface area contributed by atoms with Gasteiger partial charge in [-0.05, 0) is 75.8 Å². The van der Waals surface area contributed by atoms with Crippen LogP contribution in [0.15, 0.2) is 47.4 Å². The number of ether oxygens (including phenoxy) is 2. The second-order valence-corrected chi connectivity index (χ2v) is 10.2. The van der Waals surface area contributed by atoms with E-state index >= 15 is 0 Å². The highest BCUT2D eigenvalue weighted by Crippen LogP contribution is 2.29. The van der Waals surface area contributed by atoms with E-state index in [4.69, 9.17) is 14.5 Å². The van der Waals surface area contributed by atoms with Gasteiger partial charge < -0.3 is 19.4 Å². The SMILES string of the molecule is CCCCn1c(-c2csc(COc3ccc(OC)cc3)n2)cc(C(=O)NCCC2=CCCCC2)c1C. The zero-order chi connectivity index (χ0) is 25.3. The van der Waals surface area contributed by atoms with Crippen molar-refractivity contribution in [3.8, 4) is 22.9 Å². The summed E-state index contributed by atoms with van der Waals surface area (Å²) in [5.41, 5.74) is 5.10. The quantitative estimate of drug-likeness (QED) is 0.270. The van der Waals surface area contributed by atoms with Gasteiger partial charge in [0.05, 0.1) is 24.1 Å². The largest absolute Gasteiger partial charge is 0.497 e. The Balaban J connectivity index is 1.45. The monoisotopic (exact) mass is 507 g/mol. The second kappa shape index (κ2) is 12.8. The van der Waals surface area contributed by atoms with E-state index in [1.54, 1.807) is 18.4 Å². The molecule has 2 heterocycles. The molecule has 1 aliphatic rings. The summed E-state index contributed by atoms with van der Waals surface area (Å²) >= 11 is 1.58. The Morgan fingerprint density at radius 2 is 2.00 bits per heavy atom. The number of aromatic nitrogens is 2. The van der Waals surface area contributed by atoms with Gasteiger partial charge in [-0.1, -0.05) is 25.0 Å². The van der Waals surface area contributed by atoms with Crippen molar-refractivity contribution >= 4 is 17.2 Å². The summed E-state index contributed by atoms with van der Waals surface area (Å²) in [6, 6.07) is 9.54. The molecule has 2 aromatic heterocycles. The first kappa shape index (κ1) is 26.0. The number of thiazole rings is 1. The first-order valence-electron chi connectivity index (χ1n) is 13.0. The minimum atomic E-state index is -0.00120. The third kappa shape index (κ3) is 6.58. The number of hydrogen-bond acceptors (Lipinski definition) is 5. The summed E-state index contributed by atoms with van der Waals surface area (Å²) in [5, 5.41) is 6.10. The van der Waals surface area contributed by atoms with Gasteiger partial charge in [-0.2, -0.15) is 0 Å². The molecule has 1 aromatic carbocycles. The average Bonchev–Trinajstić information content (AvgIpc) is 3.51. The predicted molar refractivity (Wildman–Crippen MR) is 146 cm³/mol. The zero-order valence-corrected chi connectivity index (χ0v) is 22.5. The zero-order valence-electron chi connectivity index (χ0n) is 21.6. The molecule has 0 saturated carbocycles. The maximum atomic E-state index is 13.1. The number of methoxy groups -OCH3 is 1. The number of hydrogen-bond donors (Lipinski definition) is 1. The van der Waals surface area contributed by atoms with E-state index in [1.165, 1.54) is 31.3 Å². The summed E-state index contributed by atoms with van der Waals surface area (Å²) in [7, 11) is 1.65. The van der Waals surface area contributed by atoms with Crippen molar-refractivity contribution in [2.24, 2.45) is 0 Å². The van der Waals surface area contributed by atoms with E-state index in [2.05, 4.69) is 28.3 Å². The molecule has 0 bridgehead atoms. The molecule has 192 valence electrons. The number of allylic oxidation sites excluding steroid dienone is 1. The van der Waals surface area contributed by atoms with Gasteiger partial charge in [0.25, 0.3) is 5.91 Å². The number of benzene rings is 1. The Morgan fingerprint density at radius 3 is 2.72 bits per heavy atom. The standard InChI is InChI=1S/C29H37N3O3S/c1-4-5-17-32-21(2)25(29(33)30-16-15-22-9-7-6-8-10-22)18-27(32)26-20-36-28(31-26)19-35-24-13-11-23(34-3)12-14-24/h9,11-14,18,20H,4-8,10,15-17,19H2,1-3H3,(H,30,33). The maximum absolute atomic E-state index is 13.1. The molecule has 0 unspecified atom stereocenters. The molecule has 7 heteroatoms. The third-order valence-corrected chi connectivity index (χ3v) is 7.52. The number of amides is 1. The molecular formula is C29H37N3O3S. The smallest absolute Gasteiger partial charge is 0.253 e. The van der Waals surface area contributed by atoms with E-state index in [1.807, 2.05) is 37.3 Å². The molecule has 6 nitrogen and oxygen atoms in total. The average molecular weight is 508 g/mol. The molecule has 0 aliphatic heterocycles. The van der Waals surface area contributed by atoms with Crippen LogP contribution in [0.5, 0.6) is 11.5 Å². The van der Waals surface area contributed by atoms with Gasteiger partial charge in [0, 0.05) is 24.2 Å². The molecule has 0 fully saturated rings. The van der Waals surface area contributed by atoms with Gasteiger partial charge >= 0.3 is 0 Å². The van der Waals surface area contributed by atoms with Crippen LogP contribution in [0.25, 0.3) is 11.4 Å². The van der Waals surface area contributed by atoms with Crippen LogP contribution < -0.4 is 14.8 Å². The van der Waals surface area contributed by atoms with Crippen molar-refractivity contribution in [3.63, 3.8) is 0 Å². The minimum Gasteiger partial charge on any atom is -0.497 e. The second-order valence-electron chi connectivity index (χ2n) is 9.24. The first-order chi connectivity index (χ1) is 17.6. The topological polar surface area (TPSA) is 65.4 Å². The molecule has 1 amide bonds. The number of carbonyl (C=O) groups excluding carboxylic acids is 1. The van der Waals surface area contributed by atoms with E-state index in [-0.39, 0.29) is 5.91 Å². The first-order valence-corrected chi connectivity index (χ1v) is 13.8. The van der Waals surface area contributed by atoms with Gasteiger partial charge in [0.15, 0.2) is 0 Å². The fraction of sp³-hybridized carbons (Fsp3) is 0.448. The molecule has 36 heavy (non-hydrogen) atoms. The molecule has 1 aliphatic carbocycles. The summed E-state index contributed by atoms with van der Waals surface area (Å²) in [6.07, 6.45) is 10.3. The summed E-state index contributed by atoms with van der Waals surface area (Å²) in [6.45, 7) is 6.17. The molecule has 0 atom stereocenters. The van der Waals surface area contributed by atoms with Crippen LogP contribution in [0.2, 0.25) is 0 Å². The molecule has 0 saturated heterocycles. The molecule has 4 rings (SSSR count).